The van der Waals surface area contributed by atoms with Gasteiger partial charge in [0.2, 0.25) is 11.7 Å². The van der Waals surface area contributed by atoms with Crippen LogP contribution in [0.15, 0.2) is 28.8 Å². The van der Waals surface area contributed by atoms with Crippen LogP contribution in [0.25, 0.3) is 11.4 Å². The van der Waals surface area contributed by atoms with E-state index in [1.54, 1.807) is 24.3 Å². The van der Waals surface area contributed by atoms with Crippen molar-refractivity contribution in [2.45, 2.75) is 52.8 Å². The Bertz CT molecular complexity index is 818. The van der Waals surface area contributed by atoms with Crippen molar-refractivity contribution in [1.29, 1.82) is 0 Å². The summed E-state index contributed by atoms with van der Waals surface area (Å²) in [5.74, 6) is -0.785. The van der Waals surface area contributed by atoms with Gasteiger partial charge in [-0.3, -0.25) is 4.79 Å². The van der Waals surface area contributed by atoms with Crippen molar-refractivity contribution in [3.63, 3.8) is 0 Å². The first-order chi connectivity index (χ1) is 13.0. The third-order valence-electron chi connectivity index (χ3n) is 4.46. The van der Waals surface area contributed by atoms with Gasteiger partial charge in [-0.05, 0) is 29.7 Å². The SMILES string of the molecule is CC(C)(C)CC(=O)N(Cc1ccc(-c2noc(C(F)(F)F)n2)cc1)CC1CC1. The molecule has 1 amide bonds. The van der Waals surface area contributed by atoms with Crippen molar-refractivity contribution >= 4 is 5.91 Å². The molecule has 0 saturated heterocycles. The molecule has 1 aromatic heterocycles. The highest BCUT2D eigenvalue weighted by molar-refractivity contribution is 5.77. The number of aromatic nitrogens is 2. The molecular weight excluding hydrogens is 371 g/mol. The topological polar surface area (TPSA) is 59.2 Å². The molecule has 1 fully saturated rings. The summed E-state index contributed by atoms with van der Waals surface area (Å²) in [5, 5.41) is 3.39. The molecule has 0 atom stereocenters. The molecule has 0 bridgehead atoms. The van der Waals surface area contributed by atoms with Crippen molar-refractivity contribution in [3.05, 3.63) is 35.7 Å². The fraction of sp³-hybridized carbons (Fsp3) is 0.550. The van der Waals surface area contributed by atoms with E-state index in [2.05, 4.69) is 14.7 Å². The lowest BCUT2D eigenvalue weighted by atomic mass is 9.91. The zero-order chi connectivity index (χ0) is 20.5. The number of benzene rings is 1. The molecule has 28 heavy (non-hydrogen) atoms. The summed E-state index contributed by atoms with van der Waals surface area (Å²) in [7, 11) is 0. The molecule has 0 spiro atoms. The maximum atomic E-state index is 12.7. The summed E-state index contributed by atoms with van der Waals surface area (Å²) in [6.07, 6.45) is -1.89. The molecule has 8 heteroatoms. The molecule has 0 unspecified atom stereocenters. The summed E-state index contributed by atoms with van der Waals surface area (Å²) in [6, 6.07) is 6.85. The number of halogens is 3. The Morgan fingerprint density at radius 2 is 1.82 bits per heavy atom. The maximum absolute atomic E-state index is 12.7. The van der Waals surface area contributed by atoms with Gasteiger partial charge >= 0.3 is 12.1 Å². The highest BCUT2D eigenvalue weighted by Gasteiger charge is 2.38. The Morgan fingerprint density at radius 1 is 1.18 bits per heavy atom. The molecule has 1 heterocycles. The zero-order valence-corrected chi connectivity index (χ0v) is 16.2. The summed E-state index contributed by atoms with van der Waals surface area (Å²) in [4.78, 5) is 18.0. The van der Waals surface area contributed by atoms with Gasteiger partial charge in [0.1, 0.15) is 0 Å². The average molecular weight is 395 g/mol. The van der Waals surface area contributed by atoms with Crippen LogP contribution in [0.1, 0.15) is 51.5 Å². The van der Waals surface area contributed by atoms with Gasteiger partial charge in [-0.2, -0.15) is 18.2 Å². The molecular formula is C20H24F3N3O2. The van der Waals surface area contributed by atoms with Crippen molar-refractivity contribution in [2.24, 2.45) is 11.3 Å². The summed E-state index contributed by atoms with van der Waals surface area (Å²) < 4.78 is 42.0. The van der Waals surface area contributed by atoms with Gasteiger partial charge in [-0.1, -0.05) is 50.2 Å². The molecule has 0 N–H and O–H groups in total. The molecule has 0 radical (unpaired) electrons. The second kappa shape index (κ2) is 7.56. The van der Waals surface area contributed by atoms with E-state index in [1.807, 2.05) is 25.7 Å². The second-order valence-electron chi connectivity index (χ2n) is 8.57. The van der Waals surface area contributed by atoms with Gasteiger partial charge in [-0.25, -0.2) is 0 Å². The smallest absolute Gasteiger partial charge is 0.338 e. The van der Waals surface area contributed by atoms with E-state index in [0.29, 0.717) is 24.4 Å². The van der Waals surface area contributed by atoms with Crippen LogP contribution in [0.3, 0.4) is 0 Å². The minimum Gasteiger partial charge on any atom is -0.338 e. The standard InChI is InChI=1S/C20H24F3N3O2/c1-19(2,3)10-16(27)26(11-13-4-5-13)12-14-6-8-15(9-7-14)17-24-18(28-25-17)20(21,22)23/h6-9,13H,4-5,10-12H2,1-3H3. The van der Waals surface area contributed by atoms with Crippen LogP contribution in [0, 0.1) is 11.3 Å². The highest BCUT2D eigenvalue weighted by atomic mass is 19.4. The van der Waals surface area contributed by atoms with Crippen LogP contribution < -0.4 is 0 Å². The van der Waals surface area contributed by atoms with E-state index in [9.17, 15) is 18.0 Å². The van der Waals surface area contributed by atoms with Gasteiger partial charge in [0.05, 0.1) is 0 Å². The molecule has 1 saturated carbocycles. The van der Waals surface area contributed by atoms with E-state index in [4.69, 9.17) is 0 Å². The van der Waals surface area contributed by atoms with Crippen molar-refractivity contribution in [3.8, 4) is 11.4 Å². The third kappa shape index (κ3) is 5.56. The molecule has 1 aliphatic carbocycles. The monoisotopic (exact) mass is 395 g/mol. The van der Waals surface area contributed by atoms with Crippen molar-refractivity contribution < 1.29 is 22.5 Å². The quantitative estimate of drug-likeness (QED) is 0.696. The van der Waals surface area contributed by atoms with Crippen molar-refractivity contribution in [1.82, 2.24) is 15.0 Å². The van der Waals surface area contributed by atoms with Crippen molar-refractivity contribution in [2.75, 3.05) is 6.54 Å². The lowest BCUT2D eigenvalue weighted by Crippen LogP contribution is -2.34. The van der Waals surface area contributed by atoms with Gasteiger partial charge < -0.3 is 9.42 Å². The number of rotatable bonds is 6. The summed E-state index contributed by atoms with van der Waals surface area (Å²) in [5.41, 5.74) is 1.25. The minimum absolute atomic E-state index is 0.0858. The molecule has 5 nitrogen and oxygen atoms in total. The van der Waals surface area contributed by atoms with Crippen LogP contribution in [-0.2, 0) is 17.5 Å². The second-order valence-corrected chi connectivity index (χ2v) is 8.57. The van der Waals surface area contributed by atoms with Gasteiger partial charge in [0, 0.05) is 25.1 Å². The van der Waals surface area contributed by atoms with Gasteiger partial charge in [0.25, 0.3) is 0 Å². The van der Waals surface area contributed by atoms with E-state index < -0.39 is 12.1 Å². The number of hydrogen-bond acceptors (Lipinski definition) is 4. The predicted molar refractivity (Wildman–Crippen MR) is 96.9 cm³/mol. The molecule has 152 valence electrons. The minimum atomic E-state index is -4.66. The predicted octanol–water partition coefficient (Wildman–Crippen LogP) is 4.93. The summed E-state index contributed by atoms with van der Waals surface area (Å²) in [6.45, 7) is 7.33. The number of amides is 1. The lowest BCUT2D eigenvalue weighted by molar-refractivity contribution is -0.159. The largest absolute Gasteiger partial charge is 0.471 e. The number of hydrogen-bond donors (Lipinski definition) is 0. The Morgan fingerprint density at radius 3 is 2.32 bits per heavy atom. The van der Waals surface area contributed by atoms with Crippen LogP contribution in [0.4, 0.5) is 13.2 Å². The zero-order valence-electron chi connectivity index (χ0n) is 16.2. The Balaban J connectivity index is 1.70. The van der Waals surface area contributed by atoms with E-state index in [-0.39, 0.29) is 17.1 Å². The first-order valence-electron chi connectivity index (χ1n) is 9.29. The Kier molecular flexibility index (Phi) is 5.50. The van der Waals surface area contributed by atoms with Crippen LogP contribution >= 0.6 is 0 Å². The maximum Gasteiger partial charge on any atom is 0.471 e. The van der Waals surface area contributed by atoms with Crippen LogP contribution in [0.2, 0.25) is 0 Å². The number of carbonyl (C=O) groups is 1. The number of alkyl halides is 3. The molecule has 1 aromatic carbocycles. The normalized spacial score (nSPS) is 14.9. The lowest BCUT2D eigenvalue weighted by Gasteiger charge is -2.27. The number of carbonyl (C=O) groups excluding carboxylic acids is 1. The number of nitrogens with zero attached hydrogens (tertiary/aromatic N) is 3. The molecule has 0 aliphatic heterocycles. The first kappa shape index (κ1) is 20.4. The fourth-order valence-electron chi connectivity index (χ4n) is 2.87. The Labute approximate surface area is 161 Å². The molecule has 2 aromatic rings. The highest BCUT2D eigenvalue weighted by Crippen LogP contribution is 2.32. The Hall–Kier alpha value is -2.38. The van der Waals surface area contributed by atoms with E-state index >= 15 is 0 Å². The first-order valence-corrected chi connectivity index (χ1v) is 9.29. The van der Waals surface area contributed by atoms with Crippen LogP contribution in [-0.4, -0.2) is 27.5 Å². The average Bonchev–Trinajstić information content (AvgIpc) is 3.24. The molecule has 3 rings (SSSR count). The summed E-state index contributed by atoms with van der Waals surface area (Å²) >= 11 is 0. The molecule has 1 aliphatic rings. The van der Waals surface area contributed by atoms with E-state index in [0.717, 1.165) is 24.9 Å². The van der Waals surface area contributed by atoms with Gasteiger partial charge in [0.15, 0.2) is 0 Å². The van der Waals surface area contributed by atoms with E-state index in [1.165, 1.54) is 0 Å². The van der Waals surface area contributed by atoms with Crippen LogP contribution in [0.5, 0.6) is 0 Å². The van der Waals surface area contributed by atoms with Gasteiger partial charge in [-0.15, -0.1) is 0 Å². The third-order valence-corrected chi connectivity index (χ3v) is 4.46. The fourth-order valence-corrected chi connectivity index (χ4v) is 2.87.